The van der Waals surface area contributed by atoms with Gasteiger partial charge in [-0.3, -0.25) is 0 Å². The smallest absolute Gasteiger partial charge is 0.119 e. The second-order valence-electron chi connectivity index (χ2n) is 3.87. The summed E-state index contributed by atoms with van der Waals surface area (Å²) in [5.41, 5.74) is 1.24. The lowest BCUT2D eigenvalue weighted by Crippen LogP contribution is -2.19. The van der Waals surface area contributed by atoms with E-state index >= 15 is 0 Å². The Bertz CT molecular complexity index is 302. The molecule has 0 aromatic heterocycles. The second kappa shape index (κ2) is 9.02. The van der Waals surface area contributed by atoms with E-state index in [1.165, 1.54) is 5.56 Å². The van der Waals surface area contributed by atoms with E-state index < -0.39 is 0 Å². The van der Waals surface area contributed by atoms with Gasteiger partial charge in [0, 0.05) is 19.7 Å². The molecular weight excluding hydrogens is 214 g/mol. The van der Waals surface area contributed by atoms with Crippen molar-refractivity contribution in [1.29, 1.82) is 0 Å². The lowest BCUT2D eigenvalue weighted by molar-refractivity contribution is 0.136. The minimum absolute atomic E-state index is 0.710. The summed E-state index contributed by atoms with van der Waals surface area (Å²) in [4.78, 5) is 0. The van der Waals surface area contributed by atoms with Gasteiger partial charge in [0.1, 0.15) is 5.75 Å². The summed E-state index contributed by atoms with van der Waals surface area (Å²) in [5, 5.41) is 3.35. The molecule has 0 aliphatic heterocycles. The summed E-state index contributed by atoms with van der Waals surface area (Å²) in [5.74, 6) is 0.939. The van der Waals surface area contributed by atoms with Crippen molar-refractivity contribution in [3.63, 3.8) is 0 Å². The zero-order chi connectivity index (χ0) is 12.3. The standard InChI is InChI=1S/C14H23NO2/c1-3-9-16-10-8-15-12-13-6-5-7-14(11-13)17-4-2/h5-7,11,15H,3-4,8-10,12H2,1-2H3. The molecule has 3 heteroatoms. The van der Waals surface area contributed by atoms with Crippen molar-refractivity contribution >= 4 is 0 Å². The van der Waals surface area contributed by atoms with Crippen LogP contribution in [0.1, 0.15) is 25.8 Å². The highest BCUT2D eigenvalue weighted by molar-refractivity contribution is 5.28. The molecule has 0 aliphatic carbocycles. The molecule has 0 heterocycles. The summed E-state index contributed by atoms with van der Waals surface area (Å²) in [6.45, 7) is 8.19. The lowest BCUT2D eigenvalue weighted by Gasteiger charge is -2.07. The van der Waals surface area contributed by atoms with Gasteiger partial charge in [0.05, 0.1) is 13.2 Å². The van der Waals surface area contributed by atoms with Gasteiger partial charge in [-0.25, -0.2) is 0 Å². The molecular formula is C14H23NO2. The Morgan fingerprint density at radius 1 is 1.18 bits per heavy atom. The molecule has 0 saturated carbocycles. The maximum absolute atomic E-state index is 5.45. The maximum Gasteiger partial charge on any atom is 0.119 e. The van der Waals surface area contributed by atoms with Gasteiger partial charge in [-0.2, -0.15) is 0 Å². The fraction of sp³-hybridized carbons (Fsp3) is 0.571. The number of rotatable bonds is 9. The van der Waals surface area contributed by atoms with E-state index in [0.717, 1.165) is 38.5 Å². The van der Waals surface area contributed by atoms with Crippen molar-refractivity contribution in [1.82, 2.24) is 5.32 Å². The van der Waals surface area contributed by atoms with Crippen LogP contribution in [0.25, 0.3) is 0 Å². The normalized spacial score (nSPS) is 10.5. The molecule has 96 valence electrons. The minimum Gasteiger partial charge on any atom is -0.494 e. The summed E-state index contributed by atoms with van der Waals surface area (Å²) >= 11 is 0. The van der Waals surface area contributed by atoms with Crippen molar-refractivity contribution in [3.05, 3.63) is 29.8 Å². The highest BCUT2D eigenvalue weighted by Gasteiger charge is 1.96. The first kappa shape index (κ1) is 14.0. The minimum atomic E-state index is 0.710. The van der Waals surface area contributed by atoms with Gasteiger partial charge < -0.3 is 14.8 Å². The summed E-state index contributed by atoms with van der Waals surface area (Å²) in [6, 6.07) is 8.18. The molecule has 1 rings (SSSR count). The number of ether oxygens (including phenoxy) is 2. The van der Waals surface area contributed by atoms with Crippen LogP contribution in [-0.4, -0.2) is 26.4 Å². The molecule has 0 radical (unpaired) electrons. The van der Waals surface area contributed by atoms with Crippen molar-refractivity contribution in [3.8, 4) is 5.75 Å². The van der Waals surface area contributed by atoms with E-state index in [2.05, 4.69) is 24.4 Å². The number of hydrogen-bond acceptors (Lipinski definition) is 3. The first-order valence-electron chi connectivity index (χ1n) is 6.37. The average molecular weight is 237 g/mol. The zero-order valence-electron chi connectivity index (χ0n) is 10.9. The Hall–Kier alpha value is -1.06. The topological polar surface area (TPSA) is 30.5 Å². The Labute approximate surface area is 104 Å². The van der Waals surface area contributed by atoms with Gasteiger partial charge in [-0.15, -0.1) is 0 Å². The Kier molecular flexibility index (Phi) is 7.43. The third kappa shape index (κ3) is 6.29. The fourth-order valence-electron chi connectivity index (χ4n) is 1.54. The van der Waals surface area contributed by atoms with Crippen LogP contribution in [0.3, 0.4) is 0 Å². The van der Waals surface area contributed by atoms with E-state index in [-0.39, 0.29) is 0 Å². The molecule has 17 heavy (non-hydrogen) atoms. The first-order valence-corrected chi connectivity index (χ1v) is 6.37. The molecule has 0 aliphatic rings. The largest absolute Gasteiger partial charge is 0.494 e. The van der Waals surface area contributed by atoms with Crippen molar-refractivity contribution in [2.45, 2.75) is 26.8 Å². The number of hydrogen-bond donors (Lipinski definition) is 1. The van der Waals surface area contributed by atoms with Crippen LogP contribution in [-0.2, 0) is 11.3 Å². The zero-order valence-corrected chi connectivity index (χ0v) is 10.9. The lowest BCUT2D eigenvalue weighted by atomic mass is 10.2. The first-order chi connectivity index (χ1) is 8.36. The Morgan fingerprint density at radius 2 is 2.06 bits per heavy atom. The van der Waals surface area contributed by atoms with Crippen molar-refractivity contribution < 1.29 is 9.47 Å². The van der Waals surface area contributed by atoms with E-state index in [9.17, 15) is 0 Å². The molecule has 1 aromatic rings. The van der Waals surface area contributed by atoms with Crippen LogP contribution in [0.4, 0.5) is 0 Å². The quantitative estimate of drug-likeness (QED) is 0.670. The fourth-order valence-corrected chi connectivity index (χ4v) is 1.54. The van der Waals surface area contributed by atoms with E-state index in [0.29, 0.717) is 6.61 Å². The van der Waals surface area contributed by atoms with E-state index in [1.807, 2.05) is 19.1 Å². The second-order valence-corrected chi connectivity index (χ2v) is 3.87. The van der Waals surface area contributed by atoms with Crippen molar-refractivity contribution in [2.24, 2.45) is 0 Å². The average Bonchev–Trinajstić information content (AvgIpc) is 2.35. The molecule has 1 aromatic carbocycles. The predicted octanol–water partition coefficient (Wildman–Crippen LogP) is 2.60. The monoisotopic (exact) mass is 237 g/mol. The summed E-state index contributed by atoms with van der Waals surface area (Å²) in [7, 11) is 0. The van der Waals surface area contributed by atoms with Crippen molar-refractivity contribution in [2.75, 3.05) is 26.4 Å². The van der Waals surface area contributed by atoms with Gasteiger partial charge in [-0.1, -0.05) is 19.1 Å². The SMILES string of the molecule is CCCOCCNCc1cccc(OCC)c1. The Morgan fingerprint density at radius 3 is 2.82 bits per heavy atom. The molecule has 1 N–H and O–H groups in total. The van der Waals surface area contributed by atoms with Gasteiger partial charge >= 0.3 is 0 Å². The van der Waals surface area contributed by atoms with Gasteiger partial charge in [0.2, 0.25) is 0 Å². The molecule has 0 amide bonds. The molecule has 0 fully saturated rings. The van der Waals surface area contributed by atoms with Gasteiger partial charge in [-0.05, 0) is 31.0 Å². The molecule has 3 nitrogen and oxygen atoms in total. The van der Waals surface area contributed by atoms with Gasteiger partial charge in [0.15, 0.2) is 0 Å². The summed E-state index contributed by atoms with van der Waals surface area (Å²) < 4.78 is 10.8. The van der Waals surface area contributed by atoms with Crippen LogP contribution in [0, 0.1) is 0 Å². The number of benzene rings is 1. The molecule has 0 atom stereocenters. The van der Waals surface area contributed by atoms with Crippen LogP contribution < -0.4 is 10.1 Å². The Balaban J connectivity index is 2.19. The molecule has 0 spiro atoms. The maximum atomic E-state index is 5.45. The van der Waals surface area contributed by atoms with Crippen LogP contribution in [0.15, 0.2) is 24.3 Å². The number of nitrogens with one attached hydrogen (secondary N) is 1. The molecule has 0 saturated heterocycles. The van der Waals surface area contributed by atoms with Crippen LogP contribution in [0.5, 0.6) is 5.75 Å². The van der Waals surface area contributed by atoms with E-state index in [4.69, 9.17) is 9.47 Å². The predicted molar refractivity (Wildman–Crippen MR) is 70.4 cm³/mol. The molecule has 0 bridgehead atoms. The third-order valence-electron chi connectivity index (χ3n) is 2.31. The summed E-state index contributed by atoms with van der Waals surface area (Å²) in [6.07, 6.45) is 1.08. The molecule has 0 unspecified atom stereocenters. The van der Waals surface area contributed by atoms with Gasteiger partial charge in [0.25, 0.3) is 0 Å². The van der Waals surface area contributed by atoms with E-state index in [1.54, 1.807) is 0 Å². The van der Waals surface area contributed by atoms with Crippen LogP contribution >= 0.6 is 0 Å². The highest BCUT2D eigenvalue weighted by atomic mass is 16.5. The third-order valence-corrected chi connectivity index (χ3v) is 2.31. The highest BCUT2D eigenvalue weighted by Crippen LogP contribution is 2.12. The van der Waals surface area contributed by atoms with Crippen LogP contribution in [0.2, 0.25) is 0 Å².